The van der Waals surface area contributed by atoms with Crippen LogP contribution in [-0.2, 0) is 0 Å². The summed E-state index contributed by atoms with van der Waals surface area (Å²) in [5.41, 5.74) is 6.15. The number of benzene rings is 3. The molecule has 0 spiro atoms. The Morgan fingerprint density at radius 1 is 0.821 bits per heavy atom. The fourth-order valence-corrected chi connectivity index (χ4v) is 3.85. The standard InChI is InChI=1S/C25H19N3/c1-17-12-13-21-22(14-17)28-25(19-10-6-3-7-11-19)24(21)23(20(15-26)16-27)18-8-4-2-5-9-18/h2-14,20,23,28H,1H3/t23-/m0/s1. The second-order valence-corrected chi connectivity index (χ2v) is 6.95. The van der Waals surface area contributed by atoms with Gasteiger partial charge in [0.1, 0.15) is 5.92 Å². The van der Waals surface area contributed by atoms with Gasteiger partial charge in [-0.05, 0) is 35.2 Å². The minimum Gasteiger partial charge on any atom is -0.354 e. The SMILES string of the molecule is Cc1ccc2c([C@@H](c3ccccc3)C(C#N)C#N)c(-c3ccccc3)[nH]c2c1. The number of rotatable bonds is 4. The molecule has 0 aliphatic heterocycles. The molecule has 0 amide bonds. The highest BCUT2D eigenvalue weighted by molar-refractivity contribution is 5.92. The molecule has 3 heteroatoms. The minimum absolute atomic E-state index is 0.345. The minimum atomic E-state index is -0.787. The van der Waals surface area contributed by atoms with Crippen molar-refractivity contribution in [3.05, 3.63) is 95.6 Å². The molecule has 0 bridgehead atoms. The number of hydrogen-bond donors (Lipinski definition) is 1. The van der Waals surface area contributed by atoms with Crippen LogP contribution in [0.2, 0.25) is 0 Å². The maximum Gasteiger partial charge on any atom is 0.144 e. The van der Waals surface area contributed by atoms with Crippen molar-refractivity contribution >= 4 is 10.9 Å². The summed E-state index contributed by atoms with van der Waals surface area (Å²) in [6.07, 6.45) is 0. The molecule has 1 heterocycles. The zero-order valence-corrected chi connectivity index (χ0v) is 15.6. The number of nitrogens with one attached hydrogen (secondary N) is 1. The Morgan fingerprint density at radius 3 is 2.11 bits per heavy atom. The number of aromatic amines is 1. The van der Waals surface area contributed by atoms with E-state index in [4.69, 9.17) is 0 Å². The fourth-order valence-electron chi connectivity index (χ4n) is 3.85. The van der Waals surface area contributed by atoms with E-state index in [-0.39, 0.29) is 5.92 Å². The third-order valence-electron chi connectivity index (χ3n) is 5.14. The number of H-pyrrole nitrogens is 1. The van der Waals surface area contributed by atoms with Gasteiger partial charge in [0.2, 0.25) is 0 Å². The first-order valence-corrected chi connectivity index (χ1v) is 9.24. The third kappa shape index (κ3) is 3.04. The molecule has 4 aromatic rings. The molecule has 3 nitrogen and oxygen atoms in total. The van der Waals surface area contributed by atoms with Gasteiger partial charge in [-0.3, -0.25) is 0 Å². The van der Waals surface area contributed by atoms with Gasteiger partial charge >= 0.3 is 0 Å². The number of nitriles is 2. The van der Waals surface area contributed by atoms with Gasteiger partial charge in [-0.15, -0.1) is 0 Å². The molecule has 1 aromatic heterocycles. The number of aromatic nitrogens is 1. The lowest BCUT2D eigenvalue weighted by Gasteiger charge is -2.20. The van der Waals surface area contributed by atoms with E-state index in [9.17, 15) is 10.5 Å². The van der Waals surface area contributed by atoms with E-state index in [0.29, 0.717) is 0 Å². The second kappa shape index (κ2) is 7.43. The molecule has 28 heavy (non-hydrogen) atoms. The summed E-state index contributed by atoms with van der Waals surface area (Å²) in [4.78, 5) is 3.56. The van der Waals surface area contributed by atoms with Gasteiger partial charge < -0.3 is 4.98 Å². The van der Waals surface area contributed by atoms with Crippen LogP contribution in [0.15, 0.2) is 78.9 Å². The summed E-state index contributed by atoms with van der Waals surface area (Å²) in [6.45, 7) is 2.06. The smallest absolute Gasteiger partial charge is 0.144 e. The van der Waals surface area contributed by atoms with E-state index in [1.807, 2.05) is 48.5 Å². The Balaban J connectivity index is 2.07. The third-order valence-corrected chi connectivity index (χ3v) is 5.14. The Hall–Kier alpha value is -3.82. The highest BCUT2D eigenvalue weighted by Gasteiger charge is 2.30. The first-order chi connectivity index (χ1) is 13.7. The largest absolute Gasteiger partial charge is 0.354 e. The number of hydrogen-bond acceptors (Lipinski definition) is 2. The average Bonchev–Trinajstić information content (AvgIpc) is 3.11. The van der Waals surface area contributed by atoms with Crippen molar-refractivity contribution in [1.82, 2.24) is 4.98 Å². The summed E-state index contributed by atoms with van der Waals surface area (Å²) >= 11 is 0. The van der Waals surface area contributed by atoms with E-state index in [2.05, 4.69) is 54.4 Å². The van der Waals surface area contributed by atoms with Crippen LogP contribution < -0.4 is 0 Å². The fraction of sp³-hybridized carbons (Fsp3) is 0.120. The van der Waals surface area contributed by atoms with Crippen molar-refractivity contribution < 1.29 is 0 Å². The summed E-state index contributed by atoms with van der Waals surface area (Å²) < 4.78 is 0. The van der Waals surface area contributed by atoms with Gasteiger partial charge in [0.25, 0.3) is 0 Å². The molecule has 0 aliphatic carbocycles. The van der Waals surface area contributed by atoms with Gasteiger partial charge in [0.15, 0.2) is 0 Å². The molecule has 1 atom stereocenters. The normalized spacial score (nSPS) is 11.9. The molecule has 0 saturated heterocycles. The first kappa shape index (κ1) is 17.6. The highest BCUT2D eigenvalue weighted by Crippen LogP contribution is 2.42. The predicted octanol–water partition coefficient (Wildman–Crippen LogP) is 5.94. The number of fused-ring (bicyclic) bond motifs is 1. The summed E-state index contributed by atoms with van der Waals surface area (Å²) in [5.74, 6) is -1.13. The number of nitrogens with zero attached hydrogens (tertiary/aromatic N) is 2. The van der Waals surface area contributed by atoms with Crippen LogP contribution in [0.4, 0.5) is 0 Å². The van der Waals surface area contributed by atoms with E-state index in [1.165, 1.54) is 0 Å². The molecule has 0 saturated carbocycles. The number of aryl methyl sites for hydroxylation is 1. The van der Waals surface area contributed by atoms with E-state index >= 15 is 0 Å². The summed E-state index contributed by atoms with van der Waals surface area (Å²) in [6, 6.07) is 30.6. The highest BCUT2D eigenvalue weighted by atomic mass is 14.7. The van der Waals surface area contributed by atoms with Crippen LogP contribution in [0.1, 0.15) is 22.6 Å². The van der Waals surface area contributed by atoms with Gasteiger partial charge in [0.05, 0.1) is 17.8 Å². The van der Waals surface area contributed by atoms with Crippen molar-refractivity contribution in [3.8, 4) is 23.4 Å². The lowest BCUT2D eigenvalue weighted by atomic mass is 9.79. The van der Waals surface area contributed by atoms with Crippen molar-refractivity contribution in [2.45, 2.75) is 12.8 Å². The summed E-state index contributed by atoms with van der Waals surface area (Å²) in [5, 5.41) is 20.6. The maximum absolute atomic E-state index is 9.75. The molecule has 0 radical (unpaired) electrons. The zero-order valence-electron chi connectivity index (χ0n) is 15.6. The van der Waals surface area contributed by atoms with Crippen molar-refractivity contribution in [2.24, 2.45) is 5.92 Å². The Morgan fingerprint density at radius 2 is 1.46 bits per heavy atom. The zero-order chi connectivity index (χ0) is 19.5. The van der Waals surface area contributed by atoms with Crippen LogP contribution in [0.5, 0.6) is 0 Å². The van der Waals surface area contributed by atoms with Gasteiger partial charge in [0, 0.05) is 16.8 Å². The predicted molar refractivity (Wildman–Crippen MR) is 111 cm³/mol. The van der Waals surface area contributed by atoms with E-state index in [1.54, 1.807) is 0 Å². The van der Waals surface area contributed by atoms with Crippen molar-refractivity contribution in [3.63, 3.8) is 0 Å². The van der Waals surface area contributed by atoms with Crippen molar-refractivity contribution in [1.29, 1.82) is 10.5 Å². The monoisotopic (exact) mass is 361 g/mol. The van der Waals surface area contributed by atoms with Crippen molar-refractivity contribution in [2.75, 3.05) is 0 Å². The molecular weight excluding hydrogens is 342 g/mol. The Labute approximate surface area is 164 Å². The first-order valence-electron chi connectivity index (χ1n) is 9.24. The van der Waals surface area contributed by atoms with Crippen LogP contribution in [0.25, 0.3) is 22.2 Å². The molecule has 1 N–H and O–H groups in total. The summed E-state index contributed by atoms with van der Waals surface area (Å²) in [7, 11) is 0. The lowest BCUT2D eigenvalue weighted by Crippen LogP contribution is -2.12. The van der Waals surface area contributed by atoms with Crippen LogP contribution in [0, 0.1) is 35.5 Å². The van der Waals surface area contributed by atoms with E-state index in [0.717, 1.165) is 38.9 Å². The van der Waals surface area contributed by atoms with Crippen LogP contribution in [0.3, 0.4) is 0 Å². The maximum atomic E-state index is 9.75. The topological polar surface area (TPSA) is 63.4 Å². The molecule has 3 aromatic carbocycles. The molecule has 4 rings (SSSR count). The van der Waals surface area contributed by atoms with Crippen LogP contribution >= 0.6 is 0 Å². The lowest BCUT2D eigenvalue weighted by molar-refractivity contribution is 0.715. The second-order valence-electron chi connectivity index (χ2n) is 6.95. The van der Waals surface area contributed by atoms with Gasteiger partial charge in [-0.2, -0.15) is 10.5 Å². The average molecular weight is 361 g/mol. The van der Waals surface area contributed by atoms with Gasteiger partial charge in [-0.1, -0.05) is 72.8 Å². The Bertz CT molecular complexity index is 1180. The molecular formula is C25H19N3. The molecule has 134 valence electrons. The molecule has 0 fully saturated rings. The van der Waals surface area contributed by atoms with E-state index < -0.39 is 5.92 Å². The van der Waals surface area contributed by atoms with Gasteiger partial charge in [-0.25, -0.2) is 0 Å². The van der Waals surface area contributed by atoms with Crippen LogP contribution in [-0.4, -0.2) is 4.98 Å². The molecule has 0 aliphatic rings. The Kier molecular flexibility index (Phi) is 4.67. The molecule has 0 unspecified atom stereocenters. The quantitative estimate of drug-likeness (QED) is 0.489.